The average molecular weight is 515 g/mol. The van der Waals surface area contributed by atoms with E-state index in [1.807, 2.05) is 0 Å². The van der Waals surface area contributed by atoms with Gasteiger partial charge in [0.1, 0.15) is 0 Å². The quantitative estimate of drug-likeness (QED) is 0.598. The third-order valence-electron chi connectivity index (χ3n) is 5.27. The van der Waals surface area contributed by atoms with E-state index in [9.17, 15) is 13.2 Å². The van der Waals surface area contributed by atoms with Gasteiger partial charge in [-0.25, -0.2) is 8.42 Å². The number of anilines is 1. The van der Waals surface area contributed by atoms with Crippen LogP contribution in [0.25, 0.3) is 0 Å². The van der Waals surface area contributed by atoms with Gasteiger partial charge < -0.3 is 14.4 Å². The van der Waals surface area contributed by atoms with Gasteiger partial charge in [0.15, 0.2) is 26.5 Å². The van der Waals surface area contributed by atoms with Crippen molar-refractivity contribution in [2.24, 2.45) is 4.99 Å². The number of amides is 1. The van der Waals surface area contributed by atoms with Gasteiger partial charge in [0.05, 0.1) is 48.2 Å². The monoisotopic (exact) mass is 514 g/mol. The maximum atomic E-state index is 12.8. The molecule has 2 aliphatic rings. The van der Waals surface area contributed by atoms with E-state index in [2.05, 4.69) is 4.99 Å². The molecule has 2 atom stereocenters. The number of fused-ring (bicyclic) bond motifs is 1. The SMILES string of the molecule is COc1ccc(CC(=O)N=C2S[C@H]3CS(=O)(=O)C[C@@H]3N2c2ccc(Cl)c(Cl)c2)cc1OC. The Morgan fingerprint density at radius 2 is 1.84 bits per heavy atom. The second-order valence-corrected chi connectivity index (χ2v) is 11.6. The van der Waals surface area contributed by atoms with Gasteiger partial charge in [0.2, 0.25) is 0 Å². The topological polar surface area (TPSA) is 85.3 Å². The Bertz CT molecular complexity index is 1200. The van der Waals surface area contributed by atoms with Crippen LogP contribution in [0.4, 0.5) is 5.69 Å². The third-order valence-corrected chi connectivity index (χ3v) is 9.22. The lowest BCUT2D eigenvalue weighted by Gasteiger charge is -2.24. The molecular formula is C21H20Cl2N2O5S2. The van der Waals surface area contributed by atoms with Crippen LogP contribution in [0, 0.1) is 0 Å². The van der Waals surface area contributed by atoms with E-state index in [0.717, 1.165) is 5.56 Å². The van der Waals surface area contributed by atoms with Crippen LogP contribution in [-0.2, 0) is 21.1 Å². The number of hydrogen-bond acceptors (Lipinski definition) is 6. The summed E-state index contributed by atoms with van der Waals surface area (Å²) in [4.78, 5) is 18.9. The number of nitrogens with zero attached hydrogens (tertiary/aromatic N) is 2. The Hall–Kier alpha value is -1.94. The molecule has 4 rings (SSSR count). The van der Waals surface area contributed by atoms with E-state index in [1.165, 1.54) is 18.9 Å². The van der Waals surface area contributed by atoms with E-state index in [4.69, 9.17) is 32.7 Å². The first-order chi connectivity index (χ1) is 15.2. The van der Waals surface area contributed by atoms with Crippen LogP contribution in [0.5, 0.6) is 11.5 Å². The van der Waals surface area contributed by atoms with Crippen molar-refractivity contribution >= 4 is 61.6 Å². The molecule has 0 bridgehead atoms. The number of thioether (sulfide) groups is 1. The first-order valence-electron chi connectivity index (χ1n) is 9.64. The molecule has 0 unspecified atom stereocenters. The molecule has 2 heterocycles. The van der Waals surface area contributed by atoms with Crippen molar-refractivity contribution in [3.05, 3.63) is 52.0 Å². The van der Waals surface area contributed by atoms with E-state index in [-0.39, 0.29) is 35.1 Å². The summed E-state index contributed by atoms with van der Waals surface area (Å²) in [5.41, 5.74) is 1.37. The highest BCUT2D eigenvalue weighted by Crippen LogP contribution is 2.42. The number of amidine groups is 1. The Morgan fingerprint density at radius 3 is 2.53 bits per heavy atom. The fourth-order valence-corrected chi connectivity index (χ4v) is 8.04. The molecule has 2 aliphatic heterocycles. The van der Waals surface area contributed by atoms with Crippen LogP contribution in [0.2, 0.25) is 10.0 Å². The smallest absolute Gasteiger partial charge is 0.252 e. The Kier molecular flexibility index (Phi) is 6.63. The summed E-state index contributed by atoms with van der Waals surface area (Å²) < 4.78 is 34.9. The van der Waals surface area contributed by atoms with Crippen molar-refractivity contribution < 1.29 is 22.7 Å². The molecule has 2 saturated heterocycles. The predicted molar refractivity (Wildman–Crippen MR) is 128 cm³/mol. The molecule has 0 radical (unpaired) electrons. The van der Waals surface area contributed by atoms with Crippen LogP contribution in [-0.4, -0.2) is 56.5 Å². The standard InChI is InChI=1S/C21H20Cl2N2O5S2/c1-29-17-6-3-12(7-18(17)30-2)8-20(26)24-21-25(13-4-5-14(22)15(23)9-13)16-10-32(27,28)11-19(16)31-21/h3-7,9,16,19H,8,10-11H2,1-2H3/t16-,19-/m0/s1. The molecule has 32 heavy (non-hydrogen) atoms. The molecule has 1 amide bonds. The third kappa shape index (κ3) is 4.71. The fourth-order valence-electron chi connectivity index (χ4n) is 3.81. The van der Waals surface area contributed by atoms with Crippen LogP contribution < -0.4 is 14.4 Å². The van der Waals surface area contributed by atoms with Crippen LogP contribution >= 0.6 is 35.0 Å². The minimum absolute atomic E-state index is 0.00615. The second-order valence-electron chi connectivity index (χ2n) is 7.42. The van der Waals surface area contributed by atoms with Crippen molar-refractivity contribution in [2.75, 3.05) is 30.6 Å². The van der Waals surface area contributed by atoms with Crippen LogP contribution in [0.15, 0.2) is 41.4 Å². The molecule has 0 N–H and O–H groups in total. The van der Waals surface area contributed by atoms with Gasteiger partial charge in [-0.15, -0.1) is 0 Å². The average Bonchev–Trinajstić information content (AvgIpc) is 3.20. The van der Waals surface area contributed by atoms with Gasteiger partial charge in [0.25, 0.3) is 5.91 Å². The lowest BCUT2D eigenvalue weighted by molar-refractivity contribution is -0.117. The second kappa shape index (κ2) is 9.13. The maximum absolute atomic E-state index is 12.8. The molecule has 0 aromatic heterocycles. The molecule has 170 valence electrons. The minimum atomic E-state index is -3.17. The summed E-state index contributed by atoms with van der Waals surface area (Å²) in [5, 5.41) is 0.983. The van der Waals surface area contributed by atoms with Crippen molar-refractivity contribution in [1.82, 2.24) is 0 Å². The van der Waals surface area contributed by atoms with Crippen molar-refractivity contribution in [3.8, 4) is 11.5 Å². The number of carbonyl (C=O) groups is 1. The molecule has 2 aromatic rings. The highest BCUT2D eigenvalue weighted by molar-refractivity contribution is 8.16. The van der Waals surface area contributed by atoms with Gasteiger partial charge in [-0.3, -0.25) is 4.79 Å². The largest absolute Gasteiger partial charge is 0.493 e. The zero-order chi connectivity index (χ0) is 23.0. The van der Waals surface area contributed by atoms with Gasteiger partial charge >= 0.3 is 0 Å². The summed E-state index contributed by atoms with van der Waals surface area (Å²) in [6.07, 6.45) is 0.0628. The first-order valence-corrected chi connectivity index (χ1v) is 13.1. The molecule has 0 saturated carbocycles. The van der Waals surface area contributed by atoms with Gasteiger partial charge in [0, 0.05) is 10.9 Å². The lowest BCUT2D eigenvalue weighted by atomic mass is 10.1. The fraction of sp³-hybridized carbons (Fsp3) is 0.333. The number of aliphatic imine (C=N–C) groups is 1. The van der Waals surface area contributed by atoms with E-state index >= 15 is 0 Å². The normalized spacial score (nSPS) is 22.8. The van der Waals surface area contributed by atoms with E-state index < -0.39 is 9.84 Å². The van der Waals surface area contributed by atoms with Gasteiger partial charge in [-0.05, 0) is 35.9 Å². The number of ether oxygens (including phenoxy) is 2. The molecule has 0 spiro atoms. The highest BCUT2D eigenvalue weighted by Gasteiger charge is 2.49. The Labute approximate surface area is 200 Å². The molecule has 7 nitrogen and oxygen atoms in total. The van der Waals surface area contributed by atoms with Crippen molar-refractivity contribution in [1.29, 1.82) is 0 Å². The zero-order valence-corrected chi connectivity index (χ0v) is 20.4. The molecular weight excluding hydrogens is 495 g/mol. The minimum Gasteiger partial charge on any atom is -0.493 e. The Balaban J connectivity index is 1.63. The van der Waals surface area contributed by atoms with Crippen molar-refractivity contribution in [3.63, 3.8) is 0 Å². The summed E-state index contributed by atoms with van der Waals surface area (Å²) in [6, 6.07) is 9.97. The van der Waals surface area contributed by atoms with Crippen LogP contribution in [0.1, 0.15) is 5.56 Å². The molecule has 11 heteroatoms. The summed E-state index contributed by atoms with van der Waals surface area (Å²) in [6.45, 7) is 0. The first kappa shape index (κ1) is 23.2. The number of hydrogen-bond donors (Lipinski definition) is 0. The summed E-state index contributed by atoms with van der Waals surface area (Å²) >= 11 is 13.5. The highest BCUT2D eigenvalue weighted by atomic mass is 35.5. The predicted octanol–water partition coefficient (Wildman–Crippen LogP) is 3.85. The lowest BCUT2D eigenvalue weighted by Crippen LogP contribution is -2.37. The Morgan fingerprint density at radius 1 is 1.09 bits per heavy atom. The number of methoxy groups -OCH3 is 2. The molecule has 0 aliphatic carbocycles. The summed E-state index contributed by atoms with van der Waals surface area (Å²) in [5.74, 6) is 0.781. The number of halogens is 2. The van der Waals surface area contributed by atoms with Gasteiger partial charge in [-0.1, -0.05) is 41.0 Å². The van der Waals surface area contributed by atoms with E-state index in [0.29, 0.717) is 32.4 Å². The summed E-state index contributed by atoms with van der Waals surface area (Å²) in [7, 11) is -0.0959. The molecule has 2 aromatic carbocycles. The number of sulfone groups is 1. The zero-order valence-electron chi connectivity index (χ0n) is 17.2. The molecule has 2 fully saturated rings. The van der Waals surface area contributed by atoms with Gasteiger partial charge in [-0.2, -0.15) is 4.99 Å². The van der Waals surface area contributed by atoms with Crippen molar-refractivity contribution in [2.45, 2.75) is 17.7 Å². The number of rotatable bonds is 5. The van der Waals surface area contributed by atoms with E-state index in [1.54, 1.807) is 48.4 Å². The number of benzene rings is 2. The maximum Gasteiger partial charge on any atom is 0.252 e. The van der Waals surface area contributed by atoms with Crippen LogP contribution in [0.3, 0.4) is 0 Å². The number of carbonyl (C=O) groups excluding carboxylic acids is 1.